The number of rotatable bonds is 8. The van der Waals surface area contributed by atoms with Gasteiger partial charge in [-0.2, -0.15) is 0 Å². The zero-order chi connectivity index (χ0) is 16.7. The van der Waals surface area contributed by atoms with Gasteiger partial charge in [-0.25, -0.2) is 4.98 Å². The van der Waals surface area contributed by atoms with Crippen LogP contribution in [0.5, 0.6) is 11.5 Å². The van der Waals surface area contributed by atoms with Crippen molar-refractivity contribution >= 4 is 17.2 Å². The minimum absolute atomic E-state index is 0.0814. The van der Waals surface area contributed by atoms with Gasteiger partial charge >= 0.3 is 0 Å². The number of thiazole rings is 1. The van der Waals surface area contributed by atoms with Crippen LogP contribution in [0.1, 0.15) is 23.7 Å². The molecule has 5 nitrogen and oxygen atoms in total. The smallest absolute Gasteiger partial charge is 0.258 e. The average molecular weight is 332 g/mol. The molecular weight excluding hydrogens is 312 g/mol. The number of hydrogen-bond donors (Lipinski definition) is 1. The van der Waals surface area contributed by atoms with E-state index in [9.17, 15) is 4.79 Å². The number of para-hydroxylation sites is 2. The number of aryl methyl sites for hydroxylation is 1. The molecule has 0 spiro atoms. The van der Waals surface area contributed by atoms with E-state index in [1.165, 1.54) is 0 Å². The molecule has 23 heavy (non-hydrogen) atoms. The Morgan fingerprint density at radius 1 is 1.39 bits per heavy atom. The third-order valence-corrected chi connectivity index (χ3v) is 3.81. The standard InChI is InChI=1S/C17H20N2O3S/c1-4-9-21-15-7-5-6-8-16(15)22-10-17(20)18-12(2)14-11-23-13(3)19-14/h4-8,11-12H,1,9-10H2,2-3H3,(H,18,20). The largest absolute Gasteiger partial charge is 0.486 e. The lowest BCUT2D eigenvalue weighted by atomic mass is 10.2. The van der Waals surface area contributed by atoms with E-state index in [-0.39, 0.29) is 18.6 Å². The second-order valence-corrected chi connectivity index (χ2v) is 5.98. The van der Waals surface area contributed by atoms with Crippen molar-refractivity contribution in [2.75, 3.05) is 13.2 Å². The van der Waals surface area contributed by atoms with Crippen LogP contribution in [0.15, 0.2) is 42.3 Å². The zero-order valence-corrected chi connectivity index (χ0v) is 14.1. The van der Waals surface area contributed by atoms with E-state index in [1.54, 1.807) is 29.5 Å². The van der Waals surface area contributed by atoms with Crippen LogP contribution >= 0.6 is 11.3 Å². The first kappa shape index (κ1) is 17.0. The summed E-state index contributed by atoms with van der Waals surface area (Å²) in [5.74, 6) is 0.909. The summed E-state index contributed by atoms with van der Waals surface area (Å²) in [6, 6.07) is 7.08. The molecule has 0 aliphatic rings. The van der Waals surface area contributed by atoms with Crippen molar-refractivity contribution in [3.63, 3.8) is 0 Å². The summed E-state index contributed by atoms with van der Waals surface area (Å²) in [6.07, 6.45) is 1.65. The summed E-state index contributed by atoms with van der Waals surface area (Å²) < 4.78 is 11.0. The van der Waals surface area contributed by atoms with Crippen molar-refractivity contribution in [3.05, 3.63) is 53.0 Å². The van der Waals surface area contributed by atoms with Crippen molar-refractivity contribution in [2.24, 2.45) is 0 Å². The van der Waals surface area contributed by atoms with Crippen molar-refractivity contribution in [2.45, 2.75) is 19.9 Å². The van der Waals surface area contributed by atoms with Crippen molar-refractivity contribution in [1.82, 2.24) is 10.3 Å². The summed E-state index contributed by atoms with van der Waals surface area (Å²) >= 11 is 1.56. The third kappa shape index (κ3) is 5.10. The van der Waals surface area contributed by atoms with Crippen LogP contribution in [0, 0.1) is 6.92 Å². The van der Waals surface area contributed by atoms with Gasteiger partial charge < -0.3 is 14.8 Å². The van der Waals surface area contributed by atoms with Crippen LogP contribution in [0.4, 0.5) is 0 Å². The van der Waals surface area contributed by atoms with Crippen LogP contribution in [0.25, 0.3) is 0 Å². The number of benzene rings is 1. The summed E-state index contributed by atoms with van der Waals surface area (Å²) in [5, 5.41) is 5.79. The van der Waals surface area contributed by atoms with Crippen molar-refractivity contribution in [1.29, 1.82) is 0 Å². The molecule has 1 amide bonds. The van der Waals surface area contributed by atoms with E-state index in [0.29, 0.717) is 18.1 Å². The van der Waals surface area contributed by atoms with Crippen LogP contribution in [0.2, 0.25) is 0 Å². The van der Waals surface area contributed by atoms with Gasteiger partial charge in [0.1, 0.15) is 6.61 Å². The molecule has 1 atom stereocenters. The van der Waals surface area contributed by atoms with Gasteiger partial charge in [0, 0.05) is 5.38 Å². The van der Waals surface area contributed by atoms with Gasteiger partial charge in [0.25, 0.3) is 5.91 Å². The van der Waals surface area contributed by atoms with Gasteiger partial charge in [-0.05, 0) is 26.0 Å². The van der Waals surface area contributed by atoms with Crippen LogP contribution in [-0.2, 0) is 4.79 Å². The number of nitrogens with zero attached hydrogens (tertiary/aromatic N) is 1. The fourth-order valence-corrected chi connectivity index (χ4v) is 2.62. The Morgan fingerprint density at radius 2 is 2.09 bits per heavy atom. The van der Waals surface area contributed by atoms with E-state index in [2.05, 4.69) is 16.9 Å². The van der Waals surface area contributed by atoms with Crippen LogP contribution in [0.3, 0.4) is 0 Å². The maximum atomic E-state index is 12.0. The van der Waals surface area contributed by atoms with E-state index < -0.39 is 0 Å². The van der Waals surface area contributed by atoms with Gasteiger partial charge in [0.15, 0.2) is 18.1 Å². The molecule has 1 unspecified atom stereocenters. The summed E-state index contributed by atoms with van der Waals surface area (Å²) in [7, 11) is 0. The molecule has 0 fully saturated rings. The van der Waals surface area contributed by atoms with Gasteiger partial charge in [-0.3, -0.25) is 4.79 Å². The molecule has 1 heterocycles. The SMILES string of the molecule is C=CCOc1ccccc1OCC(=O)NC(C)c1csc(C)n1. The molecule has 2 aromatic rings. The molecule has 0 saturated carbocycles. The fourth-order valence-electron chi connectivity index (χ4n) is 1.92. The summed E-state index contributed by atoms with van der Waals surface area (Å²) in [5.41, 5.74) is 0.857. The number of hydrogen-bond acceptors (Lipinski definition) is 5. The molecule has 2 rings (SSSR count). The highest BCUT2D eigenvalue weighted by Crippen LogP contribution is 2.26. The average Bonchev–Trinajstić information content (AvgIpc) is 2.98. The number of carbonyl (C=O) groups is 1. The van der Waals surface area contributed by atoms with Crippen molar-refractivity contribution < 1.29 is 14.3 Å². The predicted molar refractivity (Wildman–Crippen MR) is 91.0 cm³/mol. The lowest BCUT2D eigenvalue weighted by Crippen LogP contribution is -2.31. The number of nitrogens with one attached hydrogen (secondary N) is 1. The molecule has 0 aliphatic carbocycles. The van der Waals surface area contributed by atoms with E-state index >= 15 is 0 Å². The molecule has 0 saturated heterocycles. The van der Waals surface area contributed by atoms with Gasteiger partial charge in [-0.15, -0.1) is 11.3 Å². The molecular formula is C17H20N2O3S. The monoisotopic (exact) mass is 332 g/mol. The zero-order valence-electron chi connectivity index (χ0n) is 13.2. The minimum atomic E-state index is -0.207. The molecule has 0 bridgehead atoms. The topological polar surface area (TPSA) is 60.5 Å². The van der Waals surface area contributed by atoms with E-state index in [0.717, 1.165) is 10.7 Å². The summed E-state index contributed by atoms with van der Waals surface area (Å²) in [6.45, 7) is 7.74. The third-order valence-electron chi connectivity index (χ3n) is 3.02. The fraction of sp³-hybridized carbons (Fsp3) is 0.294. The molecule has 0 radical (unpaired) electrons. The molecule has 1 N–H and O–H groups in total. The second-order valence-electron chi connectivity index (χ2n) is 4.92. The number of ether oxygens (including phenoxy) is 2. The van der Waals surface area contributed by atoms with Crippen LogP contribution < -0.4 is 14.8 Å². The first-order valence-electron chi connectivity index (χ1n) is 7.27. The van der Waals surface area contributed by atoms with Gasteiger partial charge in [-0.1, -0.05) is 24.8 Å². The Morgan fingerprint density at radius 3 is 2.70 bits per heavy atom. The first-order valence-corrected chi connectivity index (χ1v) is 8.15. The Kier molecular flexibility index (Phi) is 6.17. The highest BCUT2D eigenvalue weighted by Gasteiger charge is 2.13. The molecule has 1 aromatic carbocycles. The minimum Gasteiger partial charge on any atom is -0.486 e. The van der Waals surface area contributed by atoms with Gasteiger partial charge in [0.05, 0.1) is 16.7 Å². The predicted octanol–water partition coefficient (Wildman–Crippen LogP) is 3.27. The normalized spacial score (nSPS) is 11.6. The lowest BCUT2D eigenvalue weighted by Gasteiger charge is -2.14. The highest BCUT2D eigenvalue weighted by molar-refractivity contribution is 7.09. The molecule has 1 aromatic heterocycles. The number of amides is 1. The molecule has 122 valence electrons. The van der Waals surface area contributed by atoms with Gasteiger partial charge in [0.2, 0.25) is 0 Å². The van der Waals surface area contributed by atoms with E-state index in [1.807, 2.05) is 31.4 Å². The molecule has 6 heteroatoms. The molecule has 0 aliphatic heterocycles. The van der Waals surface area contributed by atoms with Crippen molar-refractivity contribution in [3.8, 4) is 11.5 Å². The second kappa shape index (κ2) is 8.33. The quantitative estimate of drug-likeness (QED) is 0.754. The first-order chi connectivity index (χ1) is 11.1. The lowest BCUT2D eigenvalue weighted by molar-refractivity contribution is -0.123. The Labute approximate surface area is 140 Å². The Hall–Kier alpha value is -2.34. The maximum Gasteiger partial charge on any atom is 0.258 e. The van der Waals surface area contributed by atoms with Crippen LogP contribution in [-0.4, -0.2) is 24.1 Å². The number of carbonyl (C=O) groups excluding carboxylic acids is 1. The Balaban J connectivity index is 1.88. The highest BCUT2D eigenvalue weighted by atomic mass is 32.1. The Bertz CT molecular complexity index is 669. The summed E-state index contributed by atoms with van der Waals surface area (Å²) in [4.78, 5) is 16.4. The number of aromatic nitrogens is 1. The maximum absolute atomic E-state index is 12.0. The van der Waals surface area contributed by atoms with E-state index in [4.69, 9.17) is 9.47 Å².